The lowest BCUT2D eigenvalue weighted by Crippen LogP contribution is -2.56. The number of rotatable bonds is 3. The average Bonchev–Trinajstić information content (AvgIpc) is 3.30. The third kappa shape index (κ3) is 4.75. The maximum Gasteiger partial charge on any atom is 0.315 e. The molecule has 2 aliphatic heterocycles. The van der Waals surface area contributed by atoms with Crippen molar-refractivity contribution in [2.24, 2.45) is 52.3 Å². The number of fused-ring (bicyclic) bond motifs is 7. The van der Waals surface area contributed by atoms with Gasteiger partial charge in [0.1, 0.15) is 12.0 Å². The molecule has 1 spiro atoms. The smallest absolute Gasteiger partial charge is 0.315 e. The van der Waals surface area contributed by atoms with E-state index in [4.69, 9.17) is 14.2 Å². The summed E-state index contributed by atoms with van der Waals surface area (Å²) in [5.41, 5.74) is 0.145. The molecule has 0 aromatic carbocycles. The largest absolute Gasteiger partial charge is 0.460 e. The van der Waals surface area contributed by atoms with Crippen LogP contribution in [0.4, 0.5) is 0 Å². The zero-order valence-electron chi connectivity index (χ0n) is 26.2. The maximum atomic E-state index is 12.7. The van der Waals surface area contributed by atoms with E-state index in [0.717, 1.165) is 43.6 Å². The lowest BCUT2D eigenvalue weighted by atomic mass is 9.44. The highest BCUT2D eigenvalue weighted by atomic mass is 16.7. The lowest BCUT2D eigenvalue weighted by molar-refractivity contribution is -0.273. The molecule has 12 atom stereocenters. The van der Waals surface area contributed by atoms with Crippen molar-refractivity contribution >= 4 is 11.9 Å². The van der Waals surface area contributed by atoms with Gasteiger partial charge in [-0.05, 0) is 125 Å². The third-order valence-electron chi connectivity index (χ3n) is 13.0. The Labute approximate surface area is 242 Å². The van der Waals surface area contributed by atoms with Crippen LogP contribution in [0.5, 0.6) is 0 Å². The van der Waals surface area contributed by atoms with Crippen LogP contribution in [0.3, 0.4) is 0 Å². The topological polar surface area (TPSA) is 73.9 Å². The van der Waals surface area contributed by atoms with Crippen molar-refractivity contribution < 1.29 is 23.8 Å². The molecule has 0 radical (unpaired) electrons. The number of esters is 1. The second kappa shape index (κ2) is 9.96. The molecule has 6 rings (SSSR count). The van der Waals surface area contributed by atoms with Crippen molar-refractivity contribution in [3.8, 4) is 0 Å². The molecule has 1 N–H and O–H groups in total. The fraction of sp³-hybridized carbons (Fsp3) is 0.941. The predicted molar refractivity (Wildman–Crippen MR) is 154 cm³/mol. The highest BCUT2D eigenvalue weighted by molar-refractivity contribution is 5.94. The molecule has 40 heavy (non-hydrogen) atoms. The van der Waals surface area contributed by atoms with E-state index >= 15 is 0 Å². The molecule has 226 valence electrons. The molecule has 6 fully saturated rings. The Hall–Kier alpha value is -1.14. The summed E-state index contributed by atoms with van der Waals surface area (Å²) in [4.78, 5) is 24.8. The van der Waals surface area contributed by atoms with Gasteiger partial charge < -0.3 is 19.5 Å². The van der Waals surface area contributed by atoms with E-state index in [9.17, 15) is 9.59 Å². The van der Waals surface area contributed by atoms with Gasteiger partial charge in [0, 0.05) is 18.4 Å². The summed E-state index contributed by atoms with van der Waals surface area (Å²) in [6.07, 6.45) is 12.1. The predicted octanol–water partition coefficient (Wildman–Crippen LogP) is 6.65. The van der Waals surface area contributed by atoms with E-state index < -0.39 is 11.6 Å². The van der Waals surface area contributed by atoms with Crippen molar-refractivity contribution in [1.82, 2.24) is 5.32 Å². The van der Waals surface area contributed by atoms with Crippen LogP contribution in [0.25, 0.3) is 0 Å². The number of carbonyl (C=O) groups excluding carboxylic acids is 2. The highest BCUT2D eigenvalue weighted by Crippen LogP contribution is 2.71. The van der Waals surface area contributed by atoms with Crippen molar-refractivity contribution in [3.63, 3.8) is 0 Å². The zero-order valence-corrected chi connectivity index (χ0v) is 26.2. The van der Waals surface area contributed by atoms with E-state index in [2.05, 4.69) is 33.0 Å². The maximum absolute atomic E-state index is 12.7. The van der Waals surface area contributed by atoms with E-state index in [1.165, 1.54) is 44.9 Å². The Morgan fingerprint density at radius 2 is 1.68 bits per heavy atom. The molecule has 1 amide bonds. The van der Waals surface area contributed by atoms with Gasteiger partial charge in [-0.3, -0.25) is 9.59 Å². The van der Waals surface area contributed by atoms with E-state index in [0.29, 0.717) is 40.6 Å². The Kier molecular flexibility index (Phi) is 7.21. The van der Waals surface area contributed by atoms with Gasteiger partial charge in [-0.1, -0.05) is 27.7 Å². The second-order valence-electron chi connectivity index (χ2n) is 16.5. The van der Waals surface area contributed by atoms with Crippen LogP contribution >= 0.6 is 0 Å². The number of hydrogen-bond donors (Lipinski definition) is 1. The number of carbonyl (C=O) groups is 2. The fourth-order valence-electron chi connectivity index (χ4n) is 11.2. The minimum atomic E-state index is -0.565. The van der Waals surface area contributed by atoms with Crippen LogP contribution in [0.2, 0.25) is 0 Å². The molecule has 2 heterocycles. The first kappa shape index (κ1) is 29.0. The molecule has 2 saturated heterocycles. The number of amides is 1. The molecular formula is C34H55NO5. The minimum absolute atomic E-state index is 0.174. The molecule has 0 unspecified atom stereocenters. The molecule has 4 saturated carbocycles. The lowest BCUT2D eigenvalue weighted by Gasteiger charge is -2.61. The summed E-state index contributed by atoms with van der Waals surface area (Å²) in [5, 5.41) is 3.20. The quantitative estimate of drug-likeness (QED) is 0.311. The third-order valence-corrected chi connectivity index (χ3v) is 13.0. The van der Waals surface area contributed by atoms with Crippen LogP contribution in [0, 0.1) is 52.3 Å². The number of ether oxygens (including phenoxy) is 3. The minimum Gasteiger partial charge on any atom is -0.460 e. The van der Waals surface area contributed by atoms with Gasteiger partial charge in [0.05, 0.1) is 12.7 Å². The molecular weight excluding hydrogens is 502 g/mol. The summed E-state index contributed by atoms with van der Waals surface area (Å²) in [6, 6.07) is 0.174. The van der Waals surface area contributed by atoms with Gasteiger partial charge in [-0.2, -0.15) is 0 Å². The van der Waals surface area contributed by atoms with Gasteiger partial charge in [-0.15, -0.1) is 0 Å². The molecule has 0 aromatic heterocycles. The molecule has 6 nitrogen and oxygen atoms in total. The first-order valence-electron chi connectivity index (χ1n) is 16.6. The summed E-state index contributed by atoms with van der Waals surface area (Å²) in [7, 11) is 0. The summed E-state index contributed by atoms with van der Waals surface area (Å²) >= 11 is 0. The number of hydrogen-bond acceptors (Lipinski definition) is 5. The van der Waals surface area contributed by atoms with E-state index in [1.54, 1.807) is 0 Å². The Bertz CT molecular complexity index is 997. The van der Waals surface area contributed by atoms with Gasteiger partial charge in [0.25, 0.3) is 0 Å². The van der Waals surface area contributed by atoms with Crippen LogP contribution in [-0.2, 0) is 23.8 Å². The van der Waals surface area contributed by atoms with E-state index in [-0.39, 0.29) is 24.2 Å². The van der Waals surface area contributed by atoms with Gasteiger partial charge in [0.2, 0.25) is 5.91 Å². The standard InChI is InChI=1S/C34H55NO5/c1-20-10-15-34(38-19-20)21(2)30-27(39-34)17-26-24-9-8-22-16-23(35-28(36)18-29(37)40-31(3,4)5)11-13-32(22,6)25(24)12-14-33(26,30)7/h20-27,30H,8-19H2,1-7H3,(H,35,36)/t20-,21-,22+,23-,24+,25-,26-,27-,30-,32-,33-,34+/m0/s1. The van der Waals surface area contributed by atoms with Crippen molar-refractivity contribution in [2.45, 2.75) is 143 Å². The monoisotopic (exact) mass is 557 g/mol. The summed E-state index contributed by atoms with van der Waals surface area (Å²) in [5.74, 6) is 3.76. The van der Waals surface area contributed by atoms with Crippen molar-refractivity contribution in [1.29, 1.82) is 0 Å². The first-order chi connectivity index (χ1) is 18.7. The van der Waals surface area contributed by atoms with Gasteiger partial charge in [-0.25, -0.2) is 0 Å². The SMILES string of the molecule is C[C@H]1CC[C@@]2(OC1)O[C@H]1C[C@H]3[C@@H]4CC[C@@H]5C[C@@H](NC(=O)CC(=O)OC(C)(C)C)CC[C@]5(C)[C@H]4CC[C@]3(C)[C@H]1[C@@H]2C. The average molecular weight is 558 g/mol. The van der Waals surface area contributed by atoms with Crippen LogP contribution in [-0.4, -0.2) is 42.0 Å². The molecule has 6 heteroatoms. The zero-order chi connectivity index (χ0) is 28.7. The second-order valence-corrected chi connectivity index (χ2v) is 16.5. The normalized spacial score (nSPS) is 49.9. The van der Waals surface area contributed by atoms with Gasteiger partial charge in [0.15, 0.2) is 5.79 Å². The first-order valence-corrected chi connectivity index (χ1v) is 16.6. The fourth-order valence-corrected chi connectivity index (χ4v) is 11.2. The highest BCUT2D eigenvalue weighted by Gasteiger charge is 2.69. The van der Waals surface area contributed by atoms with Crippen molar-refractivity contribution in [3.05, 3.63) is 0 Å². The van der Waals surface area contributed by atoms with Crippen LogP contribution in [0.1, 0.15) is 119 Å². The van der Waals surface area contributed by atoms with Crippen LogP contribution in [0.15, 0.2) is 0 Å². The Morgan fingerprint density at radius 1 is 0.925 bits per heavy atom. The van der Waals surface area contributed by atoms with Gasteiger partial charge >= 0.3 is 5.97 Å². The Morgan fingerprint density at radius 3 is 2.38 bits per heavy atom. The summed E-state index contributed by atoms with van der Waals surface area (Å²) in [6.45, 7) is 16.3. The Balaban J connectivity index is 1.09. The summed E-state index contributed by atoms with van der Waals surface area (Å²) < 4.78 is 18.8. The number of nitrogens with one attached hydrogen (secondary N) is 1. The van der Waals surface area contributed by atoms with E-state index in [1.807, 2.05) is 20.8 Å². The molecule has 0 aromatic rings. The molecule has 6 aliphatic rings. The molecule has 0 bridgehead atoms. The van der Waals surface area contributed by atoms with Crippen molar-refractivity contribution in [2.75, 3.05) is 6.61 Å². The van der Waals surface area contributed by atoms with Crippen LogP contribution < -0.4 is 5.32 Å². The molecule has 4 aliphatic carbocycles.